The zero-order valence-corrected chi connectivity index (χ0v) is 8.62. The molecular formula is C9H9Cl2NO. The topological polar surface area (TPSA) is 33.1 Å². The lowest BCUT2D eigenvalue weighted by Gasteiger charge is -2.06. The summed E-state index contributed by atoms with van der Waals surface area (Å²) < 4.78 is 5.00. The number of hydrogen-bond acceptors (Lipinski definition) is 2. The van der Waals surface area contributed by atoms with Crippen LogP contribution in [0.1, 0.15) is 12.5 Å². The molecule has 0 unspecified atom stereocenters. The normalized spacial score (nSPS) is 9.77. The van der Waals surface area contributed by atoms with Crippen molar-refractivity contribution in [3.05, 3.63) is 33.8 Å². The van der Waals surface area contributed by atoms with Crippen LogP contribution in [0.25, 0.3) is 0 Å². The van der Waals surface area contributed by atoms with Crippen molar-refractivity contribution in [2.24, 2.45) is 0 Å². The summed E-state index contributed by atoms with van der Waals surface area (Å²) in [5, 5.41) is 8.52. The summed E-state index contributed by atoms with van der Waals surface area (Å²) in [6.07, 6.45) is 0. The van der Waals surface area contributed by atoms with Gasteiger partial charge in [0.25, 0.3) is 0 Å². The van der Waals surface area contributed by atoms with E-state index in [1.807, 2.05) is 6.92 Å². The van der Waals surface area contributed by atoms with Gasteiger partial charge in [0.1, 0.15) is 0 Å². The second-order valence-electron chi connectivity index (χ2n) is 2.39. The van der Waals surface area contributed by atoms with Crippen LogP contribution in [0.15, 0.2) is 18.2 Å². The van der Waals surface area contributed by atoms with Crippen molar-refractivity contribution >= 4 is 29.1 Å². The van der Waals surface area contributed by atoms with Crippen molar-refractivity contribution in [1.82, 2.24) is 0 Å². The van der Waals surface area contributed by atoms with Gasteiger partial charge >= 0.3 is 0 Å². The van der Waals surface area contributed by atoms with Crippen molar-refractivity contribution in [3.63, 3.8) is 0 Å². The molecule has 1 aromatic rings. The lowest BCUT2D eigenvalue weighted by molar-refractivity contribution is 0.325. The van der Waals surface area contributed by atoms with Crippen molar-refractivity contribution in [1.29, 1.82) is 5.41 Å². The molecule has 1 N–H and O–H groups in total. The number of hydrogen-bond donors (Lipinski definition) is 1. The summed E-state index contributed by atoms with van der Waals surface area (Å²) in [4.78, 5) is 0. The smallest absolute Gasteiger partial charge is 0.214 e. The first-order valence-electron chi connectivity index (χ1n) is 3.82. The van der Waals surface area contributed by atoms with E-state index in [2.05, 4.69) is 0 Å². The van der Waals surface area contributed by atoms with Gasteiger partial charge in [-0.3, -0.25) is 5.41 Å². The van der Waals surface area contributed by atoms with E-state index in [-0.39, 0.29) is 5.90 Å². The third-order valence-corrected chi connectivity index (χ3v) is 2.03. The fraction of sp³-hybridized carbons (Fsp3) is 0.222. The monoisotopic (exact) mass is 217 g/mol. The first kappa shape index (κ1) is 10.4. The maximum atomic E-state index is 7.50. The number of ether oxygens (including phenoxy) is 1. The van der Waals surface area contributed by atoms with Crippen LogP contribution in [-0.4, -0.2) is 12.5 Å². The predicted octanol–water partition coefficient (Wildman–Crippen LogP) is 3.36. The Morgan fingerprint density at radius 3 is 2.77 bits per heavy atom. The molecule has 0 aliphatic heterocycles. The van der Waals surface area contributed by atoms with Gasteiger partial charge in [0, 0.05) is 5.02 Å². The molecule has 0 aliphatic rings. The van der Waals surface area contributed by atoms with E-state index >= 15 is 0 Å². The first-order chi connectivity index (χ1) is 6.15. The molecule has 0 aromatic heterocycles. The minimum atomic E-state index is 0.0509. The fourth-order valence-corrected chi connectivity index (χ4v) is 1.27. The van der Waals surface area contributed by atoms with E-state index in [1.165, 1.54) is 0 Å². The van der Waals surface area contributed by atoms with Gasteiger partial charge in [-0.2, -0.15) is 0 Å². The van der Waals surface area contributed by atoms with E-state index < -0.39 is 0 Å². The molecule has 0 bridgehead atoms. The van der Waals surface area contributed by atoms with Gasteiger partial charge in [0.05, 0.1) is 17.2 Å². The van der Waals surface area contributed by atoms with Crippen molar-refractivity contribution in [2.45, 2.75) is 6.92 Å². The van der Waals surface area contributed by atoms with Crippen LogP contribution in [0.5, 0.6) is 0 Å². The zero-order valence-electron chi connectivity index (χ0n) is 7.10. The van der Waals surface area contributed by atoms with Crippen LogP contribution in [-0.2, 0) is 4.74 Å². The summed E-state index contributed by atoms with van der Waals surface area (Å²) in [6, 6.07) is 4.93. The summed E-state index contributed by atoms with van der Waals surface area (Å²) in [6.45, 7) is 2.26. The Balaban J connectivity index is 2.99. The van der Waals surface area contributed by atoms with E-state index in [1.54, 1.807) is 18.2 Å². The quantitative estimate of drug-likeness (QED) is 0.599. The van der Waals surface area contributed by atoms with Gasteiger partial charge in [-0.1, -0.05) is 23.2 Å². The average Bonchev–Trinajstić information content (AvgIpc) is 2.09. The van der Waals surface area contributed by atoms with Gasteiger partial charge < -0.3 is 4.74 Å². The van der Waals surface area contributed by atoms with E-state index in [0.717, 1.165) is 0 Å². The largest absolute Gasteiger partial charge is 0.478 e. The second kappa shape index (κ2) is 4.49. The molecule has 0 aliphatic carbocycles. The van der Waals surface area contributed by atoms with Crippen LogP contribution in [0.4, 0.5) is 0 Å². The zero-order chi connectivity index (χ0) is 9.84. The molecule has 1 rings (SSSR count). The summed E-state index contributed by atoms with van der Waals surface area (Å²) in [7, 11) is 0. The van der Waals surface area contributed by atoms with Crippen molar-refractivity contribution < 1.29 is 4.74 Å². The summed E-state index contributed by atoms with van der Waals surface area (Å²) in [5.41, 5.74) is 0.524. The molecule has 0 atom stereocenters. The van der Waals surface area contributed by atoms with Crippen molar-refractivity contribution in [3.8, 4) is 0 Å². The standard InChI is InChI=1S/C9H9Cl2NO/c1-2-13-9(12)7-5-6(10)3-4-8(7)11/h3-5,12H,2H2,1H3. The van der Waals surface area contributed by atoms with Gasteiger partial charge in [0.2, 0.25) is 5.90 Å². The highest BCUT2D eigenvalue weighted by Crippen LogP contribution is 2.21. The maximum absolute atomic E-state index is 7.50. The predicted molar refractivity (Wildman–Crippen MR) is 54.9 cm³/mol. The highest BCUT2D eigenvalue weighted by molar-refractivity contribution is 6.35. The van der Waals surface area contributed by atoms with E-state index in [4.69, 9.17) is 33.3 Å². The molecule has 70 valence electrons. The Morgan fingerprint density at radius 1 is 1.46 bits per heavy atom. The SMILES string of the molecule is CCOC(=N)c1cc(Cl)ccc1Cl. The highest BCUT2D eigenvalue weighted by atomic mass is 35.5. The minimum absolute atomic E-state index is 0.0509. The Kier molecular flexibility index (Phi) is 3.58. The van der Waals surface area contributed by atoms with Gasteiger partial charge in [-0.05, 0) is 25.1 Å². The van der Waals surface area contributed by atoms with Gasteiger partial charge in [0.15, 0.2) is 0 Å². The molecule has 2 nitrogen and oxygen atoms in total. The third kappa shape index (κ3) is 2.61. The van der Waals surface area contributed by atoms with Crippen LogP contribution in [0.3, 0.4) is 0 Å². The van der Waals surface area contributed by atoms with Crippen LogP contribution < -0.4 is 0 Å². The Labute approximate surface area is 86.9 Å². The summed E-state index contributed by atoms with van der Waals surface area (Å²) in [5.74, 6) is 0.0509. The average molecular weight is 218 g/mol. The van der Waals surface area contributed by atoms with Gasteiger partial charge in [-0.25, -0.2) is 0 Å². The third-order valence-electron chi connectivity index (χ3n) is 1.46. The summed E-state index contributed by atoms with van der Waals surface area (Å²) >= 11 is 11.6. The van der Waals surface area contributed by atoms with E-state index in [0.29, 0.717) is 22.2 Å². The molecule has 0 radical (unpaired) electrons. The molecule has 0 heterocycles. The van der Waals surface area contributed by atoms with E-state index in [9.17, 15) is 0 Å². The Hall–Kier alpha value is -0.730. The molecule has 0 saturated carbocycles. The molecule has 1 aromatic carbocycles. The van der Waals surface area contributed by atoms with Crippen LogP contribution in [0, 0.1) is 5.41 Å². The first-order valence-corrected chi connectivity index (χ1v) is 4.57. The van der Waals surface area contributed by atoms with Crippen molar-refractivity contribution in [2.75, 3.05) is 6.61 Å². The second-order valence-corrected chi connectivity index (χ2v) is 3.23. The number of benzene rings is 1. The van der Waals surface area contributed by atoms with Crippen LogP contribution >= 0.6 is 23.2 Å². The van der Waals surface area contributed by atoms with Crippen LogP contribution in [0.2, 0.25) is 10.0 Å². The number of halogens is 2. The molecule has 4 heteroatoms. The fourth-order valence-electron chi connectivity index (χ4n) is 0.894. The molecule has 0 saturated heterocycles. The molecular weight excluding hydrogens is 209 g/mol. The lowest BCUT2D eigenvalue weighted by atomic mass is 10.2. The lowest BCUT2D eigenvalue weighted by Crippen LogP contribution is -2.05. The number of rotatable bonds is 2. The highest BCUT2D eigenvalue weighted by Gasteiger charge is 2.07. The number of nitrogens with one attached hydrogen (secondary N) is 1. The maximum Gasteiger partial charge on any atom is 0.214 e. The molecule has 0 fully saturated rings. The molecule has 13 heavy (non-hydrogen) atoms. The van der Waals surface area contributed by atoms with Gasteiger partial charge in [-0.15, -0.1) is 0 Å². The molecule has 0 amide bonds. The minimum Gasteiger partial charge on any atom is -0.478 e. The molecule has 0 spiro atoms. The Morgan fingerprint density at radius 2 is 2.15 bits per heavy atom. The Bertz CT molecular complexity index is 325.